The molecule has 0 fully saturated rings. The van der Waals surface area contributed by atoms with Crippen molar-refractivity contribution in [1.82, 2.24) is 4.98 Å². The fourth-order valence-electron chi connectivity index (χ4n) is 2.19. The summed E-state index contributed by atoms with van der Waals surface area (Å²) in [5, 5.41) is 0.931. The van der Waals surface area contributed by atoms with Crippen molar-refractivity contribution in [2.24, 2.45) is 0 Å². The maximum absolute atomic E-state index is 11.9. The van der Waals surface area contributed by atoms with Crippen LogP contribution in [-0.2, 0) is 11.2 Å². The number of aryl methyl sites for hydroxylation is 1. The Balaban J connectivity index is 1.64. The van der Waals surface area contributed by atoms with Crippen molar-refractivity contribution < 1.29 is 9.53 Å². The van der Waals surface area contributed by atoms with E-state index in [2.05, 4.69) is 4.98 Å². The molecular formula is C17H15NO2. The Labute approximate surface area is 117 Å². The van der Waals surface area contributed by atoms with Gasteiger partial charge in [-0.1, -0.05) is 42.5 Å². The number of H-pyrrole nitrogens is 1. The molecule has 100 valence electrons. The van der Waals surface area contributed by atoms with Crippen LogP contribution in [-0.4, -0.2) is 11.0 Å². The van der Waals surface area contributed by atoms with E-state index in [1.165, 1.54) is 0 Å². The smallest absolute Gasteiger partial charge is 0.311 e. The molecule has 3 rings (SSSR count). The quantitative estimate of drug-likeness (QED) is 0.731. The van der Waals surface area contributed by atoms with Gasteiger partial charge in [-0.15, -0.1) is 0 Å². The molecule has 0 aliphatic heterocycles. The number of esters is 1. The zero-order valence-corrected chi connectivity index (χ0v) is 11.0. The number of hydrogen-bond acceptors (Lipinski definition) is 2. The van der Waals surface area contributed by atoms with Gasteiger partial charge in [-0.25, -0.2) is 0 Å². The second-order valence-corrected chi connectivity index (χ2v) is 4.66. The van der Waals surface area contributed by atoms with Crippen molar-refractivity contribution in [1.29, 1.82) is 0 Å². The van der Waals surface area contributed by atoms with E-state index in [0.717, 1.165) is 16.5 Å². The van der Waals surface area contributed by atoms with Crippen molar-refractivity contribution in [2.45, 2.75) is 12.8 Å². The summed E-state index contributed by atoms with van der Waals surface area (Å²) in [6.07, 6.45) is 2.80. The maximum Gasteiger partial charge on any atom is 0.311 e. The molecule has 0 saturated heterocycles. The molecule has 0 saturated carbocycles. The van der Waals surface area contributed by atoms with Gasteiger partial charge in [0.1, 0.15) is 0 Å². The summed E-state index contributed by atoms with van der Waals surface area (Å²) in [5.41, 5.74) is 2.11. The molecule has 0 atom stereocenters. The van der Waals surface area contributed by atoms with Crippen LogP contribution < -0.4 is 4.74 Å². The van der Waals surface area contributed by atoms with E-state index < -0.39 is 0 Å². The van der Waals surface area contributed by atoms with Gasteiger partial charge in [-0.3, -0.25) is 4.79 Å². The highest BCUT2D eigenvalue weighted by atomic mass is 16.5. The first-order valence-corrected chi connectivity index (χ1v) is 6.63. The number of carbonyl (C=O) groups excluding carboxylic acids is 1. The van der Waals surface area contributed by atoms with Crippen LogP contribution in [0, 0.1) is 0 Å². The Hall–Kier alpha value is -2.55. The fraction of sp³-hybridized carbons (Fsp3) is 0.118. The molecular weight excluding hydrogens is 250 g/mol. The predicted octanol–water partition coefficient (Wildman–Crippen LogP) is 3.71. The zero-order valence-electron chi connectivity index (χ0n) is 11.0. The van der Waals surface area contributed by atoms with E-state index in [0.29, 0.717) is 18.6 Å². The van der Waals surface area contributed by atoms with Crippen LogP contribution in [0.2, 0.25) is 0 Å². The lowest BCUT2D eigenvalue weighted by atomic mass is 10.1. The van der Waals surface area contributed by atoms with Crippen molar-refractivity contribution in [3.8, 4) is 5.75 Å². The Morgan fingerprint density at radius 3 is 2.60 bits per heavy atom. The largest absolute Gasteiger partial charge is 0.424 e. The van der Waals surface area contributed by atoms with Gasteiger partial charge in [0.2, 0.25) is 0 Å². The molecule has 1 heterocycles. The molecule has 3 aromatic rings. The first-order valence-electron chi connectivity index (χ1n) is 6.63. The van der Waals surface area contributed by atoms with E-state index in [1.807, 2.05) is 54.6 Å². The molecule has 1 N–H and O–H groups in total. The van der Waals surface area contributed by atoms with Crippen LogP contribution in [0.5, 0.6) is 5.75 Å². The monoisotopic (exact) mass is 265 g/mol. The van der Waals surface area contributed by atoms with Gasteiger partial charge in [0.15, 0.2) is 5.75 Å². The van der Waals surface area contributed by atoms with Gasteiger partial charge in [-0.05, 0) is 24.1 Å². The lowest BCUT2D eigenvalue weighted by molar-refractivity contribution is -0.134. The van der Waals surface area contributed by atoms with Crippen molar-refractivity contribution in [3.63, 3.8) is 0 Å². The molecule has 2 aromatic carbocycles. The second-order valence-electron chi connectivity index (χ2n) is 4.66. The highest BCUT2D eigenvalue weighted by molar-refractivity contribution is 5.88. The number of hydrogen-bond donors (Lipinski definition) is 1. The van der Waals surface area contributed by atoms with Gasteiger partial charge in [0.05, 0.1) is 0 Å². The highest BCUT2D eigenvalue weighted by Gasteiger charge is 2.09. The Kier molecular flexibility index (Phi) is 3.50. The van der Waals surface area contributed by atoms with Gasteiger partial charge in [-0.2, -0.15) is 0 Å². The Morgan fingerprint density at radius 2 is 1.75 bits per heavy atom. The highest BCUT2D eigenvalue weighted by Crippen LogP contribution is 2.25. The van der Waals surface area contributed by atoms with Gasteiger partial charge in [0.25, 0.3) is 0 Å². The minimum absolute atomic E-state index is 0.210. The average molecular weight is 265 g/mol. The summed E-state index contributed by atoms with van der Waals surface area (Å²) in [7, 11) is 0. The van der Waals surface area contributed by atoms with E-state index in [4.69, 9.17) is 4.74 Å². The molecule has 0 aliphatic rings. The van der Waals surface area contributed by atoms with Crippen LogP contribution in [0.15, 0.2) is 60.8 Å². The van der Waals surface area contributed by atoms with Crippen LogP contribution in [0.25, 0.3) is 10.9 Å². The van der Waals surface area contributed by atoms with Gasteiger partial charge < -0.3 is 9.72 Å². The lowest BCUT2D eigenvalue weighted by Gasteiger charge is -2.03. The Bertz CT molecular complexity index is 716. The number of benzene rings is 2. The van der Waals surface area contributed by atoms with E-state index >= 15 is 0 Å². The van der Waals surface area contributed by atoms with Crippen molar-refractivity contribution in [3.05, 3.63) is 66.4 Å². The summed E-state index contributed by atoms with van der Waals surface area (Å²) in [6.45, 7) is 0. The normalized spacial score (nSPS) is 10.6. The topological polar surface area (TPSA) is 42.1 Å². The van der Waals surface area contributed by atoms with Crippen LogP contribution in [0.4, 0.5) is 0 Å². The third-order valence-electron chi connectivity index (χ3n) is 3.24. The summed E-state index contributed by atoms with van der Waals surface area (Å²) < 4.78 is 5.42. The molecule has 20 heavy (non-hydrogen) atoms. The molecule has 0 radical (unpaired) electrons. The standard InChI is InChI=1S/C17H15NO2/c19-17(11-10-13-6-2-1-3-7-13)20-16-12-18-15-9-5-4-8-14(15)16/h1-9,12,18H,10-11H2. The molecule has 0 bridgehead atoms. The summed E-state index contributed by atoms with van der Waals surface area (Å²) in [4.78, 5) is 15.0. The number of rotatable bonds is 4. The molecule has 1 aromatic heterocycles. The molecule has 3 heteroatoms. The first kappa shape index (κ1) is 12.5. The number of para-hydroxylation sites is 1. The minimum atomic E-state index is -0.210. The van der Waals surface area contributed by atoms with Crippen LogP contribution in [0.3, 0.4) is 0 Å². The van der Waals surface area contributed by atoms with Crippen LogP contribution >= 0.6 is 0 Å². The van der Waals surface area contributed by atoms with E-state index in [-0.39, 0.29) is 5.97 Å². The predicted molar refractivity (Wildman–Crippen MR) is 78.7 cm³/mol. The molecule has 0 spiro atoms. The molecule has 0 aliphatic carbocycles. The lowest BCUT2D eigenvalue weighted by Crippen LogP contribution is -2.08. The first-order chi connectivity index (χ1) is 9.83. The van der Waals surface area contributed by atoms with E-state index in [9.17, 15) is 4.79 Å². The SMILES string of the molecule is O=C(CCc1ccccc1)Oc1c[nH]c2ccccc12. The third kappa shape index (κ3) is 2.72. The number of carbonyl (C=O) groups is 1. The fourth-order valence-corrected chi connectivity index (χ4v) is 2.19. The average Bonchev–Trinajstić information content (AvgIpc) is 2.90. The van der Waals surface area contributed by atoms with Crippen LogP contribution in [0.1, 0.15) is 12.0 Å². The molecule has 0 unspecified atom stereocenters. The number of aromatic nitrogens is 1. The number of fused-ring (bicyclic) bond motifs is 1. The zero-order chi connectivity index (χ0) is 13.8. The number of ether oxygens (including phenoxy) is 1. The van der Waals surface area contributed by atoms with Gasteiger partial charge in [0, 0.05) is 23.5 Å². The summed E-state index contributed by atoms with van der Waals surface area (Å²) in [6, 6.07) is 17.7. The van der Waals surface area contributed by atoms with Crippen molar-refractivity contribution in [2.75, 3.05) is 0 Å². The summed E-state index contributed by atoms with van der Waals surface area (Å²) >= 11 is 0. The van der Waals surface area contributed by atoms with Crippen molar-refractivity contribution >= 4 is 16.9 Å². The molecule has 0 amide bonds. The van der Waals surface area contributed by atoms with Gasteiger partial charge >= 0.3 is 5.97 Å². The number of aromatic amines is 1. The minimum Gasteiger partial charge on any atom is -0.424 e. The number of nitrogens with one attached hydrogen (secondary N) is 1. The maximum atomic E-state index is 11.9. The molecule has 3 nitrogen and oxygen atoms in total. The second kappa shape index (κ2) is 5.61. The van der Waals surface area contributed by atoms with E-state index in [1.54, 1.807) is 6.20 Å². The summed E-state index contributed by atoms with van der Waals surface area (Å²) in [5.74, 6) is 0.386. The Morgan fingerprint density at radius 1 is 1.00 bits per heavy atom. The third-order valence-corrected chi connectivity index (χ3v) is 3.24.